The molecule has 0 saturated heterocycles. The fourth-order valence-corrected chi connectivity index (χ4v) is 1.34. The maximum Gasteiger partial charge on any atom is 0.143 e. The largest absolute Gasteiger partial charge is 0.197 e. The summed E-state index contributed by atoms with van der Waals surface area (Å²) in [7, 11) is 0. The highest BCUT2D eigenvalue weighted by Gasteiger charge is 2.28. The molecule has 2 heteroatoms. The quantitative estimate of drug-likeness (QED) is 0.648. The number of nitriles is 2. The third kappa shape index (κ3) is 3.95. The van der Waals surface area contributed by atoms with Gasteiger partial charge in [0, 0.05) is 0 Å². The summed E-state index contributed by atoms with van der Waals surface area (Å²) in [6, 6.07) is 4.32. The van der Waals surface area contributed by atoms with Gasteiger partial charge in [0.05, 0.1) is 12.1 Å². The minimum atomic E-state index is -0.723. The number of nitrogens with zero attached hydrogens (tertiary/aromatic N) is 2. The van der Waals surface area contributed by atoms with E-state index in [-0.39, 0.29) is 0 Å². The Balaban J connectivity index is 4.26. The van der Waals surface area contributed by atoms with Crippen molar-refractivity contribution in [3.8, 4) is 12.1 Å². The lowest BCUT2D eigenvalue weighted by atomic mass is 9.80. The third-order valence-corrected chi connectivity index (χ3v) is 2.25. The van der Waals surface area contributed by atoms with E-state index < -0.39 is 5.41 Å². The van der Waals surface area contributed by atoms with Crippen molar-refractivity contribution in [1.82, 2.24) is 0 Å². The normalized spacial score (nSPS) is 10.9. The monoisotopic (exact) mass is 178 g/mol. The van der Waals surface area contributed by atoms with Crippen molar-refractivity contribution in [3.63, 3.8) is 0 Å². The van der Waals surface area contributed by atoms with Crippen LogP contribution in [0.15, 0.2) is 0 Å². The first-order valence-corrected chi connectivity index (χ1v) is 4.92. The van der Waals surface area contributed by atoms with Crippen molar-refractivity contribution in [2.24, 2.45) is 11.3 Å². The molecular weight excluding hydrogens is 160 g/mol. The van der Waals surface area contributed by atoms with Crippen molar-refractivity contribution in [3.05, 3.63) is 0 Å². The molecule has 2 nitrogen and oxygen atoms in total. The maximum absolute atomic E-state index is 8.95. The predicted molar refractivity (Wildman–Crippen MR) is 52.6 cm³/mol. The van der Waals surface area contributed by atoms with Gasteiger partial charge in [-0.05, 0) is 25.2 Å². The van der Waals surface area contributed by atoms with E-state index in [1.165, 1.54) is 0 Å². The summed E-state index contributed by atoms with van der Waals surface area (Å²) in [5.41, 5.74) is -0.723. The minimum absolute atomic E-state index is 0.568. The molecule has 0 aromatic carbocycles. The van der Waals surface area contributed by atoms with Gasteiger partial charge in [0.2, 0.25) is 0 Å². The minimum Gasteiger partial charge on any atom is -0.197 e. The zero-order valence-electron chi connectivity index (χ0n) is 8.80. The van der Waals surface area contributed by atoms with Crippen LogP contribution in [0, 0.1) is 34.0 Å². The first-order valence-electron chi connectivity index (χ1n) is 4.92. The molecule has 0 bridgehead atoms. The Kier molecular flexibility index (Phi) is 5.16. The Hall–Kier alpha value is -1.02. The van der Waals surface area contributed by atoms with Gasteiger partial charge in [-0.25, -0.2) is 0 Å². The van der Waals surface area contributed by atoms with Gasteiger partial charge in [-0.1, -0.05) is 27.2 Å². The lowest BCUT2D eigenvalue weighted by Gasteiger charge is -2.18. The lowest BCUT2D eigenvalue weighted by Crippen LogP contribution is -2.16. The molecule has 0 N–H and O–H groups in total. The van der Waals surface area contributed by atoms with Gasteiger partial charge in [0.15, 0.2) is 0 Å². The summed E-state index contributed by atoms with van der Waals surface area (Å²) in [5, 5.41) is 17.9. The Morgan fingerprint density at radius 3 is 2.00 bits per heavy atom. The summed E-state index contributed by atoms with van der Waals surface area (Å²) in [4.78, 5) is 0. The fourth-order valence-electron chi connectivity index (χ4n) is 1.34. The second-order valence-corrected chi connectivity index (χ2v) is 3.99. The van der Waals surface area contributed by atoms with Gasteiger partial charge in [0.25, 0.3) is 0 Å². The van der Waals surface area contributed by atoms with E-state index in [0.717, 1.165) is 12.8 Å². The van der Waals surface area contributed by atoms with Gasteiger partial charge in [-0.3, -0.25) is 0 Å². The van der Waals surface area contributed by atoms with Gasteiger partial charge in [-0.15, -0.1) is 0 Å². The van der Waals surface area contributed by atoms with E-state index in [1.54, 1.807) is 0 Å². The smallest absolute Gasteiger partial charge is 0.143 e. The van der Waals surface area contributed by atoms with Crippen molar-refractivity contribution >= 4 is 0 Å². The van der Waals surface area contributed by atoms with Crippen molar-refractivity contribution in [1.29, 1.82) is 10.5 Å². The molecule has 0 heterocycles. The first-order chi connectivity index (χ1) is 6.10. The number of hydrogen-bond donors (Lipinski definition) is 0. The molecule has 0 aliphatic carbocycles. The average Bonchev–Trinajstić information content (AvgIpc) is 2.12. The van der Waals surface area contributed by atoms with E-state index in [9.17, 15) is 0 Å². The summed E-state index contributed by atoms with van der Waals surface area (Å²) in [6.07, 6.45) is 3.28. The lowest BCUT2D eigenvalue weighted by molar-refractivity contribution is 0.386. The summed E-state index contributed by atoms with van der Waals surface area (Å²) < 4.78 is 0. The Morgan fingerprint density at radius 1 is 1.15 bits per heavy atom. The van der Waals surface area contributed by atoms with Crippen LogP contribution in [0.25, 0.3) is 0 Å². The highest BCUT2D eigenvalue weighted by Crippen LogP contribution is 2.29. The molecule has 0 aliphatic rings. The molecule has 0 spiro atoms. The van der Waals surface area contributed by atoms with Crippen LogP contribution in [0.2, 0.25) is 0 Å². The Morgan fingerprint density at radius 2 is 1.69 bits per heavy atom. The van der Waals surface area contributed by atoms with E-state index in [1.807, 2.05) is 6.92 Å². The number of hydrogen-bond acceptors (Lipinski definition) is 2. The molecule has 0 radical (unpaired) electrons. The van der Waals surface area contributed by atoms with Crippen LogP contribution in [-0.2, 0) is 0 Å². The van der Waals surface area contributed by atoms with Crippen LogP contribution < -0.4 is 0 Å². The first kappa shape index (κ1) is 12.0. The third-order valence-electron chi connectivity index (χ3n) is 2.25. The summed E-state index contributed by atoms with van der Waals surface area (Å²) >= 11 is 0. The van der Waals surface area contributed by atoms with Crippen LogP contribution in [0.1, 0.15) is 46.5 Å². The van der Waals surface area contributed by atoms with Crippen LogP contribution in [-0.4, -0.2) is 0 Å². The van der Waals surface area contributed by atoms with E-state index in [0.29, 0.717) is 18.8 Å². The molecule has 0 atom stereocenters. The van der Waals surface area contributed by atoms with Crippen LogP contribution >= 0.6 is 0 Å². The molecule has 0 aliphatic heterocycles. The second kappa shape index (κ2) is 5.60. The zero-order valence-corrected chi connectivity index (χ0v) is 8.80. The molecule has 0 saturated carbocycles. The zero-order chi connectivity index (χ0) is 10.3. The molecule has 72 valence electrons. The van der Waals surface area contributed by atoms with Crippen molar-refractivity contribution in [2.45, 2.75) is 46.5 Å². The standard InChI is InChI=1S/C11H18N2/c1-4-6-11(8-12,9-13)7-5-10(2)3/h10H,4-7H2,1-3H3. The van der Waals surface area contributed by atoms with E-state index >= 15 is 0 Å². The van der Waals surface area contributed by atoms with Crippen LogP contribution in [0.5, 0.6) is 0 Å². The highest BCUT2D eigenvalue weighted by molar-refractivity contribution is 5.13. The molecule has 13 heavy (non-hydrogen) atoms. The summed E-state index contributed by atoms with van der Waals surface area (Å²) in [5.74, 6) is 0.568. The Labute approximate surface area is 81.2 Å². The molecule has 0 amide bonds. The summed E-state index contributed by atoms with van der Waals surface area (Å²) in [6.45, 7) is 6.25. The fraction of sp³-hybridized carbons (Fsp3) is 0.818. The molecular formula is C11H18N2. The van der Waals surface area contributed by atoms with Crippen LogP contribution in [0.3, 0.4) is 0 Å². The second-order valence-electron chi connectivity index (χ2n) is 3.99. The van der Waals surface area contributed by atoms with Crippen LogP contribution in [0.4, 0.5) is 0 Å². The van der Waals surface area contributed by atoms with Gasteiger partial charge >= 0.3 is 0 Å². The topological polar surface area (TPSA) is 47.6 Å². The molecule has 0 rings (SSSR count). The molecule has 0 unspecified atom stereocenters. The van der Waals surface area contributed by atoms with Gasteiger partial charge in [-0.2, -0.15) is 10.5 Å². The van der Waals surface area contributed by atoms with Gasteiger partial charge < -0.3 is 0 Å². The maximum atomic E-state index is 8.95. The molecule has 0 aromatic heterocycles. The van der Waals surface area contributed by atoms with Gasteiger partial charge in [0.1, 0.15) is 5.41 Å². The van der Waals surface area contributed by atoms with Crippen molar-refractivity contribution < 1.29 is 0 Å². The van der Waals surface area contributed by atoms with E-state index in [4.69, 9.17) is 10.5 Å². The molecule has 0 aromatic rings. The highest BCUT2D eigenvalue weighted by atomic mass is 14.4. The molecule has 0 fully saturated rings. The van der Waals surface area contributed by atoms with E-state index in [2.05, 4.69) is 26.0 Å². The average molecular weight is 178 g/mol. The van der Waals surface area contributed by atoms with Crippen molar-refractivity contribution in [2.75, 3.05) is 0 Å². The number of rotatable bonds is 5. The Bertz CT molecular complexity index is 203. The predicted octanol–water partition coefficient (Wildman–Crippen LogP) is 3.26. The SMILES string of the molecule is CCCC(C#N)(C#N)CCC(C)C.